The molecule has 120 valence electrons. The maximum atomic E-state index is 12.2. The van der Waals surface area contributed by atoms with E-state index < -0.39 is 0 Å². The van der Waals surface area contributed by atoms with E-state index in [1.54, 1.807) is 17.7 Å². The number of unbranched alkanes of at least 4 members (excludes halogenated alkanes) is 1. The zero-order valence-electron chi connectivity index (χ0n) is 13.6. The number of carbonyl (C=O) groups excluding carboxylic acids is 1. The molecular formula is C18H26N2O2. The third-order valence-electron chi connectivity index (χ3n) is 4.44. The molecule has 0 aliphatic carbocycles. The van der Waals surface area contributed by atoms with Crippen LogP contribution >= 0.6 is 0 Å². The van der Waals surface area contributed by atoms with Gasteiger partial charge in [0.05, 0.1) is 0 Å². The summed E-state index contributed by atoms with van der Waals surface area (Å²) in [4.78, 5) is 25.9. The van der Waals surface area contributed by atoms with Crippen molar-refractivity contribution in [1.29, 1.82) is 0 Å². The third kappa shape index (κ3) is 4.33. The van der Waals surface area contributed by atoms with Gasteiger partial charge in [-0.2, -0.15) is 0 Å². The summed E-state index contributed by atoms with van der Waals surface area (Å²) in [5.41, 5.74) is 1.16. The van der Waals surface area contributed by atoms with Crippen LogP contribution in [0.25, 0.3) is 0 Å². The van der Waals surface area contributed by atoms with Gasteiger partial charge in [-0.25, -0.2) is 0 Å². The zero-order chi connectivity index (χ0) is 15.9. The number of rotatable bonds is 5. The number of aromatic nitrogens is 1. The van der Waals surface area contributed by atoms with Crippen LogP contribution in [0.15, 0.2) is 35.3 Å². The second kappa shape index (κ2) is 7.97. The quantitative estimate of drug-likeness (QED) is 0.620. The van der Waals surface area contributed by atoms with Gasteiger partial charge in [-0.15, -0.1) is 0 Å². The van der Waals surface area contributed by atoms with Crippen LogP contribution in [0, 0.1) is 0 Å². The van der Waals surface area contributed by atoms with Crippen molar-refractivity contribution in [2.45, 2.75) is 44.9 Å². The number of likely N-dealkylation sites (tertiary alicyclic amines) is 1. The predicted molar refractivity (Wildman–Crippen MR) is 88.9 cm³/mol. The van der Waals surface area contributed by atoms with Gasteiger partial charge in [0, 0.05) is 38.8 Å². The normalized spacial score (nSPS) is 16.4. The summed E-state index contributed by atoms with van der Waals surface area (Å²) in [7, 11) is 1.76. The van der Waals surface area contributed by atoms with Crippen LogP contribution in [0.2, 0.25) is 0 Å². The van der Waals surface area contributed by atoms with Crippen LogP contribution in [0.4, 0.5) is 0 Å². The summed E-state index contributed by atoms with van der Waals surface area (Å²) in [5, 5.41) is 0. The predicted octanol–water partition coefficient (Wildman–Crippen LogP) is 2.84. The van der Waals surface area contributed by atoms with E-state index in [2.05, 4.69) is 6.08 Å². The Labute approximate surface area is 132 Å². The molecule has 1 fully saturated rings. The van der Waals surface area contributed by atoms with Crippen LogP contribution in [0.3, 0.4) is 0 Å². The standard InChI is InChI=1S/C18H26N2O2/c1-3-4-5-6-7-17(21)20-12-9-15(10-13-20)16-8-11-19(2)18(22)14-16/h3-4,8,11,14-15H,5-7,9-10,12-13H2,1-2H3. The molecule has 0 saturated carbocycles. The first-order valence-electron chi connectivity index (χ1n) is 8.17. The van der Waals surface area contributed by atoms with E-state index in [1.807, 2.05) is 30.2 Å². The Balaban J connectivity index is 1.83. The van der Waals surface area contributed by atoms with Crippen molar-refractivity contribution in [2.24, 2.45) is 7.05 Å². The number of carbonyl (C=O) groups is 1. The average Bonchev–Trinajstić information content (AvgIpc) is 2.54. The molecule has 0 N–H and O–H groups in total. The molecule has 2 heterocycles. The van der Waals surface area contributed by atoms with Gasteiger partial charge >= 0.3 is 0 Å². The highest BCUT2D eigenvalue weighted by molar-refractivity contribution is 5.76. The molecule has 0 atom stereocenters. The van der Waals surface area contributed by atoms with Gasteiger partial charge in [-0.3, -0.25) is 9.59 Å². The van der Waals surface area contributed by atoms with E-state index in [0.29, 0.717) is 12.3 Å². The van der Waals surface area contributed by atoms with Gasteiger partial charge in [-0.1, -0.05) is 12.2 Å². The van der Waals surface area contributed by atoms with Gasteiger partial charge in [0.25, 0.3) is 5.56 Å². The summed E-state index contributed by atoms with van der Waals surface area (Å²) < 4.78 is 1.59. The molecule has 1 amide bonds. The minimum atomic E-state index is 0.0417. The number of pyridine rings is 1. The second-order valence-electron chi connectivity index (χ2n) is 6.03. The van der Waals surface area contributed by atoms with Crippen molar-refractivity contribution in [3.05, 3.63) is 46.4 Å². The Morgan fingerprint density at radius 1 is 1.36 bits per heavy atom. The maximum absolute atomic E-state index is 12.2. The molecule has 4 nitrogen and oxygen atoms in total. The fourth-order valence-electron chi connectivity index (χ4n) is 2.98. The van der Waals surface area contributed by atoms with E-state index in [1.165, 1.54) is 0 Å². The van der Waals surface area contributed by atoms with Crippen molar-refractivity contribution in [1.82, 2.24) is 9.47 Å². The third-order valence-corrected chi connectivity index (χ3v) is 4.44. The minimum Gasteiger partial charge on any atom is -0.343 e. The Morgan fingerprint density at radius 2 is 2.09 bits per heavy atom. The molecule has 2 rings (SSSR count). The number of amides is 1. The largest absolute Gasteiger partial charge is 0.343 e. The molecule has 4 heteroatoms. The first kappa shape index (κ1) is 16.5. The van der Waals surface area contributed by atoms with Gasteiger partial charge in [-0.05, 0) is 50.2 Å². The van der Waals surface area contributed by atoms with Crippen molar-refractivity contribution in [3.8, 4) is 0 Å². The van der Waals surface area contributed by atoms with E-state index in [9.17, 15) is 9.59 Å². The number of piperidine rings is 1. The Morgan fingerprint density at radius 3 is 2.73 bits per heavy atom. The number of allylic oxidation sites excluding steroid dienone is 2. The van der Waals surface area contributed by atoms with E-state index in [-0.39, 0.29) is 11.5 Å². The summed E-state index contributed by atoms with van der Waals surface area (Å²) in [5.74, 6) is 0.674. The lowest BCUT2D eigenvalue weighted by Gasteiger charge is -2.32. The van der Waals surface area contributed by atoms with Crippen molar-refractivity contribution in [3.63, 3.8) is 0 Å². The highest BCUT2D eigenvalue weighted by Gasteiger charge is 2.23. The van der Waals surface area contributed by atoms with Crippen LogP contribution in [0.1, 0.15) is 50.5 Å². The van der Waals surface area contributed by atoms with Crippen molar-refractivity contribution < 1.29 is 4.79 Å². The van der Waals surface area contributed by atoms with Crippen LogP contribution in [-0.2, 0) is 11.8 Å². The monoisotopic (exact) mass is 302 g/mol. The molecule has 0 aromatic carbocycles. The molecule has 1 saturated heterocycles. The Bertz CT molecular complexity index is 581. The highest BCUT2D eigenvalue weighted by Crippen LogP contribution is 2.27. The number of hydrogen-bond acceptors (Lipinski definition) is 2. The molecular weight excluding hydrogens is 276 g/mol. The van der Waals surface area contributed by atoms with Gasteiger partial charge < -0.3 is 9.47 Å². The molecule has 1 aliphatic heterocycles. The molecule has 1 aliphatic rings. The SMILES string of the molecule is CC=CCCCC(=O)N1CCC(c2ccn(C)c(=O)c2)CC1. The maximum Gasteiger partial charge on any atom is 0.250 e. The Hall–Kier alpha value is -1.84. The average molecular weight is 302 g/mol. The van der Waals surface area contributed by atoms with Gasteiger partial charge in [0.2, 0.25) is 5.91 Å². The molecule has 0 spiro atoms. The lowest BCUT2D eigenvalue weighted by molar-refractivity contribution is -0.132. The van der Waals surface area contributed by atoms with Gasteiger partial charge in [0.15, 0.2) is 0 Å². The molecule has 22 heavy (non-hydrogen) atoms. The Kier molecular flexibility index (Phi) is 5.99. The first-order valence-corrected chi connectivity index (χ1v) is 8.17. The van der Waals surface area contributed by atoms with Crippen molar-refractivity contribution >= 4 is 5.91 Å². The molecule has 1 aromatic heterocycles. The van der Waals surface area contributed by atoms with E-state index in [0.717, 1.165) is 44.3 Å². The summed E-state index contributed by atoms with van der Waals surface area (Å²) in [6, 6.07) is 3.76. The lowest BCUT2D eigenvalue weighted by atomic mass is 9.90. The molecule has 0 unspecified atom stereocenters. The van der Waals surface area contributed by atoms with Crippen LogP contribution in [0.5, 0.6) is 0 Å². The summed E-state index contributed by atoms with van der Waals surface area (Å²) in [6.45, 7) is 3.62. The molecule has 0 bridgehead atoms. The summed E-state index contributed by atoms with van der Waals surface area (Å²) in [6.07, 6.45) is 10.4. The highest BCUT2D eigenvalue weighted by atomic mass is 16.2. The van der Waals surface area contributed by atoms with E-state index >= 15 is 0 Å². The molecule has 0 radical (unpaired) electrons. The number of aryl methyl sites for hydroxylation is 1. The fraction of sp³-hybridized carbons (Fsp3) is 0.556. The smallest absolute Gasteiger partial charge is 0.250 e. The van der Waals surface area contributed by atoms with Crippen LogP contribution < -0.4 is 5.56 Å². The number of nitrogens with zero attached hydrogens (tertiary/aromatic N) is 2. The van der Waals surface area contributed by atoms with Crippen molar-refractivity contribution in [2.75, 3.05) is 13.1 Å². The fourth-order valence-corrected chi connectivity index (χ4v) is 2.98. The second-order valence-corrected chi connectivity index (χ2v) is 6.03. The first-order chi connectivity index (χ1) is 10.6. The number of hydrogen-bond donors (Lipinski definition) is 0. The lowest BCUT2D eigenvalue weighted by Crippen LogP contribution is -2.38. The zero-order valence-corrected chi connectivity index (χ0v) is 13.6. The van der Waals surface area contributed by atoms with Crippen LogP contribution in [-0.4, -0.2) is 28.5 Å². The molecule has 1 aromatic rings. The minimum absolute atomic E-state index is 0.0417. The van der Waals surface area contributed by atoms with E-state index in [4.69, 9.17) is 0 Å². The topological polar surface area (TPSA) is 42.3 Å². The van der Waals surface area contributed by atoms with Gasteiger partial charge in [0.1, 0.15) is 0 Å². The summed E-state index contributed by atoms with van der Waals surface area (Å²) >= 11 is 0.